The highest BCUT2D eigenvalue weighted by Gasteiger charge is 2.45. The number of amides is 1. The Morgan fingerprint density at radius 1 is 1.27 bits per heavy atom. The molecule has 2 bridgehead atoms. The van der Waals surface area contributed by atoms with Crippen LogP contribution in [0.1, 0.15) is 52.0 Å². The summed E-state index contributed by atoms with van der Waals surface area (Å²) < 4.78 is 11.0. The summed E-state index contributed by atoms with van der Waals surface area (Å²) >= 11 is 6.04. The van der Waals surface area contributed by atoms with Gasteiger partial charge in [-0.05, 0) is 58.6 Å². The van der Waals surface area contributed by atoms with Crippen LogP contribution in [0.25, 0.3) is 0 Å². The van der Waals surface area contributed by atoms with Gasteiger partial charge in [0.1, 0.15) is 11.4 Å². The Balaban J connectivity index is 1.56. The Bertz CT molecular complexity index is 779. The zero-order valence-corrected chi connectivity index (χ0v) is 19.3. The van der Waals surface area contributed by atoms with Gasteiger partial charge in [0.15, 0.2) is 5.96 Å². The van der Waals surface area contributed by atoms with Gasteiger partial charge in [0.05, 0.1) is 7.11 Å². The second-order valence-electron chi connectivity index (χ2n) is 8.97. The van der Waals surface area contributed by atoms with Gasteiger partial charge in [-0.3, -0.25) is 4.99 Å². The summed E-state index contributed by atoms with van der Waals surface area (Å²) in [6, 6.07) is 6.29. The number of nitrogens with one attached hydrogen (secondary N) is 2. The predicted octanol–water partition coefficient (Wildman–Crippen LogP) is 3.94. The van der Waals surface area contributed by atoms with Gasteiger partial charge >= 0.3 is 6.09 Å². The first kappa shape index (κ1) is 22.5. The number of nitrogens with zero attached hydrogens (tertiary/aromatic N) is 2. The fourth-order valence-corrected chi connectivity index (χ4v) is 4.50. The lowest BCUT2D eigenvalue weighted by molar-refractivity contribution is 0.00545. The van der Waals surface area contributed by atoms with E-state index in [1.54, 1.807) is 20.2 Å². The van der Waals surface area contributed by atoms with Crippen LogP contribution in [0.4, 0.5) is 4.79 Å². The van der Waals surface area contributed by atoms with Crippen LogP contribution in [0, 0.1) is 0 Å². The highest BCUT2D eigenvalue weighted by molar-refractivity contribution is 6.30. The molecule has 8 heteroatoms. The maximum Gasteiger partial charge on any atom is 0.410 e. The minimum Gasteiger partial charge on any atom is -0.496 e. The van der Waals surface area contributed by atoms with Crippen molar-refractivity contribution in [1.82, 2.24) is 15.5 Å². The van der Waals surface area contributed by atoms with Crippen molar-refractivity contribution >= 4 is 23.7 Å². The number of guanidine groups is 1. The van der Waals surface area contributed by atoms with Crippen molar-refractivity contribution in [2.75, 3.05) is 14.2 Å². The van der Waals surface area contributed by atoms with Crippen LogP contribution in [0.15, 0.2) is 23.2 Å². The number of ether oxygens (including phenoxy) is 2. The van der Waals surface area contributed by atoms with Crippen molar-refractivity contribution in [2.45, 2.75) is 76.7 Å². The number of hydrogen-bond donors (Lipinski definition) is 2. The highest BCUT2D eigenvalue weighted by atomic mass is 35.5. The van der Waals surface area contributed by atoms with E-state index >= 15 is 0 Å². The molecule has 7 nitrogen and oxygen atoms in total. The van der Waals surface area contributed by atoms with Gasteiger partial charge in [0.2, 0.25) is 0 Å². The van der Waals surface area contributed by atoms with Crippen molar-refractivity contribution in [3.63, 3.8) is 0 Å². The second-order valence-corrected chi connectivity index (χ2v) is 9.40. The number of piperidine rings is 1. The molecule has 1 amide bonds. The molecule has 166 valence electrons. The maximum atomic E-state index is 12.6. The summed E-state index contributed by atoms with van der Waals surface area (Å²) in [6.07, 6.45) is 3.64. The van der Waals surface area contributed by atoms with Crippen LogP contribution in [0.2, 0.25) is 5.02 Å². The average molecular weight is 437 g/mol. The molecule has 2 saturated heterocycles. The smallest absolute Gasteiger partial charge is 0.410 e. The number of benzene rings is 1. The first-order valence-corrected chi connectivity index (χ1v) is 10.9. The quantitative estimate of drug-likeness (QED) is 0.552. The summed E-state index contributed by atoms with van der Waals surface area (Å²) in [6.45, 7) is 6.30. The highest BCUT2D eigenvalue weighted by Crippen LogP contribution is 2.36. The summed E-state index contributed by atoms with van der Waals surface area (Å²) in [5.41, 5.74) is 0.532. The van der Waals surface area contributed by atoms with Gasteiger partial charge in [-0.1, -0.05) is 17.7 Å². The number of carbonyl (C=O) groups is 1. The van der Waals surface area contributed by atoms with E-state index in [-0.39, 0.29) is 24.2 Å². The predicted molar refractivity (Wildman–Crippen MR) is 119 cm³/mol. The van der Waals surface area contributed by atoms with E-state index in [9.17, 15) is 4.79 Å². The normalized spacial score (nSPS) is 23.9. The summed E-state index contributed by atoms with van der Waals surface area (Å²) in [4.78, 5) is 19.0. The Morgan fingerprint density at radius 3 is 2.50 bits per heavy atom. The monoisotopic (exact) mass is 436 g/mol. The van der Waals surface area contributed by atoms with Crippen LogP contribution in [0.3, 0.4) is 0 Å². The molecule has 1 aromatic rings. The molecule has 2 fully saturated rings. The summed E-state index contributed by atoms with van der Waals surface area (Å²) in [5.74, 6) is 1.48. The van der Waals surface area contributed by atoms with Gasteiger partial charge < -0.3 is 25.0 Å². The fourth-order valence-electron chi connectivity index (χ4n) is 4.34. The van der Waals surface area contributed by atoms with Crippen LogP contribution in [0.5, 0.6) is 5.75 Å². The van der Waals surface area contributed by atoms with E-state index in [4.69, 9.17) is 21.1 Å². The molecular weight excluding hydrogens is 404 g/mol. The van der Waals surface area contributed by atoms with Crippen LogP contribution in [-0.2, 0) is 11.3 Å². The number of rotatable bonds is 4. The third-order valence-electron chi connectivity index (χ3n) is 5.60. The third-order valence-corrected chi connectivity index (χ3v) is 5.83. The number of methoxy groups -OCH3 is 1. The number of fused-ring (bicyclic) bond motifs is 2. The standard InChI is InChI=1S/C22H33ClN4O3/c1-22(2,3)30-21(28)27-17-8-9-18(27)12-16(11-17)26-20(24-4)25-13-14-6-7-15(23)10-19(14)29-5/h6-7,10,16-18H,8-9,11-13H2,1-5H3,(H2,24,25,26). The number of aliphatic imine (C=N–C) groups is 1. The van der Waals surface area contributed by atoms with Gasteiger partial charge in [-0.15, -0.1) is 0 Å². The second kappa shape index (κ2) is 9.33. The molecule has 1 aromatic carbocycles. The van der Waals surface area contributed by atoms with Crippen LogP contribution >= 0.6 is 11.6 Å². The topological polar surface area (TPSA) is 75.2 Å². The molecule has 30 heavy (non-hydrogen) atoms. The van der Waals surface area contributed by atoms with Crippen LogP contribution in [-0.4, -0.2) is 54.8 Å². The minimum atomic E-state index is -0.472. The maximum absolute atomic E-state index is 12.6. The van der Waals surface area contributed by atoms with Crippen molar-refractivity contribution in [2.24, 2.45) is 4.99 Å². The summed E-state index contributed by atoms with van der Waals surface area (Å²) in [7, 11) is 3.40. The molecule has 2 heterocycles. The van der Waals surface area contributed by atoms with Gasteiger partial charge in [-0.2, -0.15) is 0 Å². The van der Waals surface area contributed by atoms with E-state index in [2.05, 4.69) is 15.6 Å². The molecule has 0 aromatic heterocycles. The first-order chi connectivity index (χ1) is 14.2. The van der Waals surface area contributed by atoms with E-state index in [0.717, 1.165) is 43.0 Å². The Hall–Kier alpha value is -2.15. The molecule has 2 aliphatic heterocycles. The lowest BCUT2D eigenvalue weighted by Crippen LogP contribution is -2.54. The molecule has 2 aliphatic rings. The largest absolute Gasteiger partial charge is 0.496 e. The molecule has 3 rings (SSSR count). The summed E-state index contributed by atoms with van der Waals surface area (Å²) in [5, 5.41) is 7.52. The lowest BCUT2D eigenvalue weighted by atomic mass is 9.98. The van der Waals surface area contributed by atoms with E-state index in [0.29, 0.717) is 11.6 Å². The van der Waals surface area contributed by atoms with E-state index in [1.807, 2.05) is 37.8 Å². The molecule has 0 aliphatic carbocycles. The van der Waals surface area contributed by atoms with Crippen molar-refractivity contribution < 1.29 is 14.3 Å². The minimum absolute atomic E-state index is 0.189. The zero-order valence-electron chi connectivity index (χ0n) is 18.5. The Labute approximate surface area is 184 Å². The first-order valence-electron chi connectivity index (χ1n) is 10.5. The van der Waals surface area contributed by atoms with Gasteiger partial charge in [0.25, 0.3) is 0 Å². The molecular formula is C22H33ClN4O3. The molecule has 2 unspecified atom stereocenters. The molecule has 2 N–H and O–H groups in total. The molecule has 0 spiro atoms. The molecule has 2 atom stereocenters. The number of hydrogen-bond acceptors (Lipinski definition) is 4. The average Bonchev–Trinajstić information content (AvgIpc) is 2.95. The van der Waals surface area contributed by atoms with Gasteiger partial charge in [-0.25, -0.2) is 4.79 Å². The van der Waals surface area contributed by atoms with Gasteiger partial charge in [0, 0.05) is 42.3 Å². The van der Waals surface area contributed by atoms with Crippen molar-refractivity contribution in [1.29, 1.82) is 0 Å². The molecule has 0 radical (unpaired) electrons. The lowest BCUT2D eigenvalue weighted by Gasteiger charge is -2.40. The van der Waals surface area contributed by atoms with Crippen LogP contribution < -0.4 is 15.4 Å². The van der Waals surface area contributed by atoms with Crippen molar-refractivity contribution in [3.05, 3.63) is 28.8 Å². The zero-order chi connectivity index (χ0) is 21.9. The Kier molecular flexibility index (Phi) is 7.01. The molecule has 0 saturated carbocycles. The number of halogens is 1. The SMILES string of the molecule is CN=C(NCc1ccc(Cl)cc1OC)NC1CC2CCC(C1)N2C(=O)OC(C)(C)C. The van der Waals surface area contributed by atoms with E-state index in [1.165, 1.54) is 0 Å². The third kappa shape index (κ3) is 5.50. The van der Waals surface area contributed by atoms with E-state index < -0.39 is 5.60 Å². The number of carbonyl (C=O) groups excluding carboxylic acids is 1. The Morgan fingerprint density at radius 2 is 1.93 bits per heavy atom. The fraction of sp³-hybridized carbons (Fsp3) is 0.636. The van der Waals surface area contributed by atoms with Crippen molar-refractivity contribution in [3.8, 4) is 5.75 Å².